The largest absolute Gasteiger partial charge is 0.396 e. The molecular weight excluding hydrogens is 290 g/mol. The van der Waals surface area contributed by atoms with Gasteiger partial charge in [-0.3, -0.25) is 0 Å². The first-order chi connectivity index (χ1) is 11.3. The summed E-state index contributed by atoms with van der Waals surface area (Å²) in [7, 11) is 0. The maximum atomic E-state index is 12.5. The Labute approximate surface area is 140 Å². The van der Waals surface area contributed by atoms with Gasteiger partial charge >= 0.3 is 6.03 Å². The van der Waals surface area contributed by atoms with Crippen LogP contribution in [0, 0.1) is 11.8 Å². The van der Waals surface area contributed by atoms with Crippen molar-refractivity contribution in [1.29, 1.82) is 0 Å². The van der Waals surface area contributed by atoms with Crippen molar-refractivity contribution in [1.82, 2.24) is 15.1 Å². The van der Waals surface area contributed by atoms with Crippen molar-refractivity contribution < 1.29 is 9.90 Å². The van der Waals surface area contributed by atoms with Gasteiger partial charge in [0, 0.05) is 38.2 Å². The van der Waals surface area contributed by atoms with Gasteiger partial charge in [-0.15, -0.1) is 0 Å². The number of nitrogens with zero attached hydrogens (tertiary/aromatic N) is 2. The molecule has 0 spiro atoms. The Morgan fingerprint density at radius 3 is 2.26 bits per heavy atom. The molecule has 0 radical (unpaired) electrons. The van der Waals surface area contributed by atoms with Crippen molar-refractivity contribution in [2.45, 2.75) is 57.4 Å². The van der Waals surface area contributed by atoms with Crippen LogP contribution < -0.4 is 5.32 Å². The summed E-state index contributed by atoms with van der Waals surface area (Å²) in [5.74, 6) is 0.667. The minimum atomic E-state index is 0.0914. The topological polar surface area (TPSA) is 55.8 Å². The fourth-order valence-electron chi connectivity index (χ4n) is 4.50. The fraction of sp³-hybridized carbons (Fsp3) is 0.944. The number of amides is 2. The zero-order chi connectivity index (χ0) is 16.1. The summed E-state index contributed by atoms with van der Waals surface area (Å²) < 4.78 is 0. The van der Waals surface area contributed by atoms with Crippen LogP contribution in [0.2, 0.25) is 0 Å². The van der Waals surface area contributed by atoms with Crippen molar-refractivity contribution in [2.24, 2.45) is 11.8 Å². The molecule has 1 aliphatic carbocycles. The summed E-state index contributed by atoms with van der Waals surface area (Å²) in [5.41, 5.74) is 0. The Morgan fingerprint density at radius 1 is 0.957 bits per heavy atom. The second-order valence-electron chi connectivity index (χ2n) is 7.75. The Hall–Kier alpha value is -0.810. The van der Waals surface area contributed by atoms with Gasteiger partial charge in [-0.1, -0.05) is 25.7 Å². The third-order valence-corrected chi connectivity index (χ3v) is 5.97. The average Bonchev–Trinajstić information content (AvgIpc) is 3.12. The molecule has 0 aromatic rings. The molecule has 2 N–H and O–H groups in total. The second-order valence-corrected chi connectivity index (χ2v) is 7.75. The van der Waals surface area contributed by atoms with Gasteiger partial charge < -0.3 is 20.2 Å². The molecular formula is C18H33N3O2. The smallest absolute Gasteiger partial charge is 0.317 e. The lowest BCUT2D eigenvalue weighted by Gasteiger charge is -2.26. The number of aliphatic hydroxyl groups excluding tert-OH is 1. The predicted octanol–water partition coefficient (Wildman–Crippen LogP) is 2.05. The maximum absolute atomic E-state index is 12.5. The van der Waals surface area contributed by atoms with Gasteiger partial charge in [0.05, 0.1) is 0 Å². The molecule has 3 fully saturated rings. The number of carbonyl (C=O) groups is 1. The minimum absolute atomic E-state index is 0.0914. The molecule has 1 saturated carbocycles. The fourth-order valence-corrected chi connectivity index (χ4v) is 4.50. The SMILES string of the molecule is O=C(NC1CCCC1)N1C[C@@H](CN2CCCCCC2)[C@@H](CO)C1. The Kier molecular flexibility index (Phi) is 6.17. The van der Waals surface area contributed by atoms with Crippen molar-refractivity contribution >= 4 is 6.03 Å². The summed E-state index contributed by atoms with van der Waals surface area (Å²) in [6.07, 6.45) is 10.0. The number of likely N-dealkylation sites (tertiary alicyclic amines) is 2. The van der Waals surface area contributed by atoms with Crippen molar-refractivity contribution in [3.8, 4) is 0 Å². The van der Waals surface area contributed by atoms with Gasteiger partial charge in [0.15, 0.2) is 0 Å². The van der Waals surface area contributed by atoms with Crippen molar-refractivity contribution in [3.63, 3.8) is 0 Å². The predicted molar refractivity (Wildman–Crippen MR) is 91.3 cm³/mol. The van der Waals surface area contributed by atoms with E-state index in [0.717, 1.165) is 25.9 Å². The van der Waals surface area contributed by atoms with Gasteiger partial charge in [0.25, 0.3) is 0 Å². The first kappa shape index (κ1) is 17.0. The minimum Gasteiger partial charge on any atom is -0.396 e. The van der Waals surface area contributed by atoms with Crippen LogP contribution in [0.1, 0.15) is 51.4 Å². The number of hydrogen-bond acceptors (Lipinski definition) is 3. The molecule has 23 heavy (non-hydrogen) atoms. The highest BCUT2D eigenvalue weighted by molar-refractivity contribution is 5.75. The van der Waals surface area contributed by atoms with Crippen LogP contribution in [0.15, 0.2) is 0 Å². The highest BCUT2D eigenvalue weighted by Crippen LogP contribution is 2.26. The maximum Gasteiger partial charge on any atom is 0.317 e. The van der Waals surface area contributed by atoms with E-state index in [2.05, 4.69) is 10.2 Å². The molecule has 2 heterocycles. The Balaban J connectivity index is 1.50. The standard InChI is InChI=1S/C18H33N3O2/c22-14-16-13-21(18(23)19-17-7-3-4-8-17)12-15(16)11-20-9-5-1-2-6-10-20/h15-17,22H,1-14H2,(H,19,23)/t15-,16-/m1/s1. The van der Waals surface area contributed by atoms with E-state index >= 15 is 0 Å². The van der Waals surface area contributed by atoms with E-state index < -0.39 is 0 Å². The van der Waals surface area contributed by atoms with E-state index in [0.29, 0.717) is 18.5 Å². The van der Waals surface area contributed by atoms with Crippen LogP contribution in [-0.4, -0.2) is 66.3 Å². The molecule has 2 saturated heterocycles. The van der Waals surface area contributed by atoms with E-state index in [1.165, 1.54) is 51.6 Å². The number of aliphatic hydroxyl groups is 1. The molecule has 132 valence electrons. The highest BCUT2D eigenvalue weighted by atomic mass is 16.3. The normalized spacial score (nSPS) is 30.6. The van der Waals surface area contributed by atoms with Crippen LogP contribution in [-0.2, 0) is 0 Å². The lowest BCUT2D eigenvalue weighted by atomic mass is 9.96. The molecule has 2 atom stereocenters. The summed E-state index contributed by atoms with van der Waals surface area (Å²) in [4.78, 5) is 17.0. The van der Waals surface area contributed by atoms with Crippen LogP contribution in [0.5, 0.6) is 0 Å². The molecule has 0 aromatic carbocycles. The molecule has 0 aromatic heterocycles. The van der Waals surface area contributed by atoms with E-state index in [9.17, 15) is 9.90 Å². The first-order valence-electron chi connectivity index (χ1n) is 9.65. The van der Waals surface area contributed by atoms with E-state index in [-0.39, 0.29) is 18.6 Å². The number of carbonyl (C=O) groups excluding carboxylic acids is 1. The van der Waals surface area contributed by atoms with Crippen LogP contribution >= 0.6 is 0 Å². The summed E-state index contributed by atoms with van der Waals surface area (Å²) in [6, 6.07) is 0.466. The lowest BCUT2D eigenvalue weighted by Crippen LogP contribution is -2.43. The summed E-state index contributed by atoms with van der Waals surface area (Å²) in [6.45, 7) is 5.13. The third-order valence-electron chi connectivity index (χ3n) is 5.97. The molecule has 2 amide bonds. The third kappa shape index (κ3) is 4.60. The second kappa shape index (κ2) is 8.34. The quantitative estimate of drug-likeness (QED) is 0.832. The first-order valence-corrected chi connectivity index (χ1v) is 9.65. The highest BCUT2D eigenvalue weighted by Gasteiger charge is 2.36. The van der Waals surface area contributed by atoms with Crippen molar-refractivity contribution in [2.75, 3.05) is 39.3 Å². The zero-order valence-corrected chi connectivity index (χ0v) is 14.4. The lowest BCUT2D eigenvalue weighted by molar-refractivity contribution is 0.165. The monoisotopic (exact) mass is 323 g/mol. The molecule has 3 rings (SSSR count). The van der Waals surface area contributed by atoms with Gasteiger partial charge in [0.1, 0.15) is 0 Å². The number of urea groups is 1. The van der Waals surface area contributed by atoms with Crippen LogP contribution in [0.25, 0.3) is 0 Å². The zero-order valence-electron chi connectivity index (χ0n) is 14.4. The van der Waals surface area contributed by atoms with E-state index in [4.69, 9.17) is 0 Å². The van der Waals surface area contributed by atoms with Crippen molar-refractivity contribution in [3.05, 3.63) is 0 Å². The molecule has 3 aliphatic rings. The summed E-state index contributed by atoms with van der Waals surface area (Å²) in [5, 5.41) is 12.9. The Bertz CT molecular complexity index is 376. The number of nitrogens with one attached hydrogen (secondary N) is 1. The number of rotatable bonds is 4. The van der Waals surface area contributed by atoms with E-state index in [1.54, 1.807) is 0 Å². The van der Waals surface area contributed by atoms with Gasteiger partial charge in [-0.2, -0.15) is 0 Å². The van der Waals surface area contributed by atoms with Crippen LogP contribution in [0.3, 0.4) is 0 Å². The van der Waals surface area contributed by atoms with Crippen LogP contribution in [0.4, 0.5) is 4.79 Å². The Morgan fingerprint density at radius 2 is 1.61 bits per heavy atom. The van der Waals surface area contributed by atoms with Gasteiger partial charge in [0.2, 0.25) is 0 Å². The summed E-state index contributed by atoms with van der Waals surface area (Å²) >= 11 is 0. The average molecular weight is 323 g/mol. The molecule has 0 unspecified atom stereocenters. The molecule has 0 bridgehead atoms. The molecule has 2 aliphatic heterocycles. The number of hydrogen-bond donors (Lipinski definition) is 2. The molecule has 5 nitrogen and oxygen atoms in total. The van der Waals surface area contributed by atoms with Gasteiger partial charge in [-0.25, -0.2) is 4.79 Å². The molecule has 5 heteroatoms. The van der Waals surface area contributed by atoms with E-state index in [1.807, 2.05) is 4.90 Å². The van der Waals surface area contributed by atoms with Gasteiger partial charge in [-0.05, 0) is 44.7 Å².